The van der Waals surface area contributed by atoms with Crippen LogP contribution in [-0.4, -0.2) is 6.61 Å². The van der Waals surface area contributed by atoms with Gasteiger partial charge in [-0.1, -0.05) is 37.0 Å². The Kier molecular flexibility index (Phi) is 6.83. The number of rotatable bonds is 2. The molecule has 0 saturated heterocycles. The summed E-state index contributed by atoms with van der Waals surface area (Å²) < 4.78 is 5.20. The maximum atomic E-state index is 5.80. The molecule has 0 fully saturated rings. The van der Waals surface area contributed by atoms with Crippen molar-refractivity contribution in [2.24, 2.45) is 0 Å². The van der Waals surface area contributed by atoms with E-state index >= 15 is 0 Å². The van der Waals surface area contributed by atoms with Crippen molar-refractivity contribution in [2.75, 3.05) is 6.61 Å². The highest BCUT2D eigenvalue weighted by atomic mass is 35.5. The molecule has 0 unspecified atom stereocenters. The van der Waals surface area contributed by atoms with Gasteiger partial charge in [-0.2, -0.15) is 0 Å². The number of hydrogen-bond donors (Lipinski definition) is 0. The van der Waals surface area contributed by atoms with Crippen LogP contribution < -0.4 is 4.74 Å². The van der Waals surface area contributed by atoms with E-state index < -0.39 is 0 Å². The van der Waals surface area contributed by atoms with Gasteiger partial charge in [-0.25, -0.2) is 0 Å². The highest BCUT2D eigenvalue weighted by Gasteiger charge is 1.99. The molecule has 0 radical (unpaired) electrons. The molecule has 0 atom stereocenters. The van der Waals surface area contributed by atoms with Crippen LogP contribution in [0.4, 0.5) is 0 Å². The van der Waals surface area contributed by atoms with Gasteiger partial charge in [0.25, 0.3) is 0 Å². The monoisotopic (exact) mass is 220 g/mol. The largest absolute Gasteiger partial charge is 0.492 e. The summed E-state index contributed by atoms with van der Waals surface area (Å²) in [4.78, 5) is 0. The first-order valence-corrected chi connectivity index (χ1v) is 5.07. The standard InChI is InChI=1S/C8H8Cl2O.C2H6/c1-2-11-8-4-3-6(9)5-7(8)10;1-2/h3-5H,2H2,1H3;1-2H3. The molecule has 0 aliphatic rings. The predicted molar refractivity (Wildman–Crippen MR) is 59.0 cm³/mol. The van der Waals surface area contributed by atoms with Crippen LogP contribution in [0.2, 0.25) is 10.0 Å². The van der Waals surface area contributed by atoms with Gasteiger partial charge in [-0.3, -0.25) is 0 Å². The average Bonchev–Trinajstić information content (AvgIpc) is 2.14. The molecule has 13 heavy (non-hydrogen) atoms. The van der Waals surface area contributed by atoms with Gasteiger partial charge in [0.05, 0.1) is 11.6 Å². The molecule has 0 spiro atoms. The Balaban J connectivity index is 0.000000671. The lowest BCUT2D eigenvalue weighted by atomic mass is 10.3. The quantitative estimate of drug-likeness (QED) is 0.718. The summed E-state index contributed by atoms with van der Waals surface area (Å²) in [6, 6.07) is 5.17. The molecule has 1 rings (SSSR count). The fourth-order valence-electron chi connectivity index (χ4n) is 0.748. The number of benzene rings is 1. The lowest BCUT2D eigenvalue weighted by Crippen LogP contribution is -1.91. The Bertz CT molecular complexity index is 249. The van der Waals surface area contributed by atoms with E-state index in [1.165, 1.54) is 0 Å². The normalized spacial score (nSPS) is 8.69. The predicted octanol–water partition coefficient (Wildman–Crippen LogP) is 4.42. The minimum absolute atomic E-state index is 0.555. The van der Waals surface area contributed by atoms with E-state index in [0.717, 1.165) is 0 Å². The zero-order chi connectivity index (χ0) is 10.3. The molecule has 0 aliphatic heterocycles. The fraction of sp³-hybridized carbons (Fsp3) is 0.400. The van der Waals surface area contributed by atoms with E-state index in [1.807, 2.05) is 20.8 Å². The first-order chi connectivity index (χ1) is 6.24. The van der Waals surface area contributed by atoms with Crippen LogP contribution in [0.15, 0.2) is 18.2 Å². The molecule has 0 N–H and O–H groups in total. The second-order valence-corrected chi connectivity index (χ2v) is 2.85. The SMILES string of the molecule is CC.CCOc1ccc(Cl)cc1Cl. The van der Waals surface area contributed by atoms with Crippen LogP contribution in [0.1, 0.15) is 20.8 Å². The van der Waals surface area contributed by atoms with E-state index in [1.54, 1.807) is 18.2 Å². The first kappa shape index (κ1) is 12.6. The van der Waals surface area contributed by atoms with Crippen molar-refractivity contribution in [1.29, 1.82) is 0 Å². The highest BCUT2D eigenvalue weighted by Crippen LogP contribution is 2.27. The Hall–Kier alpha value is -0.400. The van der Waals surface area contributed by atoms with E-state index in [2.05, 4.69) is 0 Å². The van der Waals surface area contributed by atoms with Crippen molar-refractivity contribution in [2.45, 2.75) is 20.8 Å². The molecule has 1 aromatic carbocycles. The lowest BCUT2D eigenvalue weighted by Gasteiger charge is -2.04. The Morgan fingerprint density at radius 2 is 1.85 bits per heavy atom. The molecule has 0 saturated carbocycles. The smallest absolute Gasteiger partial charge is 0.137 e. The summed E-state index contributed by atoms with van der Waals surface area (Å²) in [6.45, 7) is 6.52. The third-order valence-corrected chi connectivity index (χ3v) is 1.72. The van der Waals surface area contributed by atoms with E-state index in [-0.39, 0.29) is 0 Å². The van der Waals surface area contributed by atoms with Gasteiger partial charge < -0.3 is 4.74 Å². The van der Waals surface area contributed by atoms with Gasteiger partial charge in [0, 0.05) is 5.02 Å². The molecular weight excluding hydrogens is 207 g/mol. The van der Waals surface area contributed by atoms with Crippen molar-refractivity contribution < 1.29 is 4.74 Å². The first-order valence-electron chi connectivity index (χ1n) is 4.32. The number of hydrogen-bond acceptors (Lipinski definition) is 1. The second kappa shape index (κ2) is 7.05. The summed E-state index contributed by atoms with van der Waals surface area (Å²) >= 11 is 11.5. The average molecular weight is 221 g/mol. The minimum atomic E-state index is 0.555. The minimum Gasteiger partial charge on any atom is -0.492 e. The molecule has 1 nitrogen and oxygen atoms in total. The van der Waals surface area contributed by atoms with Gasteiger partial charge in [0.1, 0.15) is 5.75 Å². The van der Waals surface area contributed by atoms with Crippen molar-refractivity contribution in [3.05, 3.63) is 28.2 Å². The second-order valence-electron chi connectivity index (χ2n) is 2.01. The molecule has 0 amide bonds. The summed E-state index contributed by atoms with van der Waals surface area (Å²) in [5, 5.41) is 1.18. The van der Waals surface area contributed by atoms with Crippen LogP contribution in [0.5, 0.6) is 5.75 Å². The maximum Gasteiger partial charge on any atom is 0.137 e. The van der Waals surface area contributed by atoms with E-state index in [0.29, 0.717) is 22.4 Å². The van der Waals surface area contributed by atoms with Crippen molar-refractivity contribution in [3.63, 3.8) is 0 Å². The van der Waals surface area contributed by atoms with Crippen molar-refractivity contribution in [3.8, 4) is 5.75 Å². The summed E-state index contributed by atoms with van der Waals surface area (Å²) in [7, 11) is 0. The third kappa shape index (κ3) is 4.39. The van der Waals surface area contributed by atoms with Gasteiger partial charge in [0.2, 0.25) is 0 Å². The number of halogens is 2. The summed E-state index contributed by atoms with van der Waals surface area (Å²) in [5.41, 5.74) is 0. The molecule has 1 aromatic rings. The van der Waals surface area contributed by atoms with Crippen LogP contribution in [0, 0.1) is 0 Å². The summed E-state index contributed by atoms with van der Waals surface area (Å²) in [5.74, 6) is 0.679. The Labute approximate surface area is 89.6 Å². The van der Waals surface area contributed by atoms with Crippen molar-refractivity contribution >= 4 is 23.2 Å². The number of ether oxygens (including phenoxy) is 1. The maximum absolute atomic E-state index is 5.80. The molecule has 0 aromatic heterocycles. The van der Waals surface area contributed by atoms with Crippen LogP contribution in [0.3, 0.4) is 0 Å². The van der Waals surface area contributed by atoms with Gasteiger partial charge in [0.15, 0.2) is 0 Å². The molecule has 74 valence electrons. The van der Waals surface area contributed by atoms with Gasteiger partial charge in [-0.15, -0.1) is 0 Å². The lowest BCUT2D eigenvalue weighted by molar-refractivity contribution is 0.340. The fourth-order valence-corrected chi connectivity index (χ4v) is 1.21. The Morgan fingerprint density at radius 1 is 1.23 bits per heavy atom. The summed E-state index contributed by atoms with van der Waals surface area (Å²) in [6.07, 6.45) is 0. The van der Waals surface area contributed by atoms with Gasteiger partial charge >= 0.3 is 0 Å². The van der Waals surface area contributed by atoms with Crippen LogP contribution in [0.25, 0.3) is 0 Å². The van der Waals surface area contributed by atoms with Gasteiger partial charge in [-0.05, 0) is 25.1 Å². The topological polar surface area (TPSA) is 9.23 Å². The molecular formula is C10H14Cl2O. The third-order valence-electron chi connectivity index (χ3n) is 1.19. The molecule has 0 heterocycles. The van der Waals surface area contributed by atoms with E-state index in [4.69, 9.17) is 27.9 Å². The van der Waals surface area contributed by atoms with Crippen LogP contribution in [-0.2, 0) is 0 Å². The molecule has 3 heteroatoms. The Morgan fingerprint density at radius 3 is 2.31 bits per heavy atom. The van der Waals surface area contributed by atoms with E-state index in [9.17, 15) is 0 Å². The van der Waals surface area contributed by atoms with Crippen LogP contribution >= 0.6 is 23.2 Å². The highest BCUT2D eigenvalue weighted by molar-refractivity contribution is 6.35. The van der Waals surface area contributed by atoms with Crippen molar-refractivity contribution in [1.82, 2.24) is 0 Å². The molecule has 0 bridgehead atoms. The zero-order valence-electron chi connectivity index (χ0n) is 8.10. The zero-order valence-corrected chi connectivity index (χ0v) is 9.62. The molecule has 0 aliphatic carbocycles.